The summed E-state index contributed by atoms with van der Waals surface area (Å²) in [5, 5.41) is 10.9. The molecule has 4 nitrogen and oxygen atoms in total. The maximum atomic E-state index is 14.0. The predicted molar refractivity (Wildman–Crippen MR) is 71.6 cm³/mol. The number of nitrogens with zero attached hydrogens (tertiary/aromatic N) is 3. The molecule has 0 aliphatic rings. The van der Waals surface area contributed by atoms with E-state index in [-0.39, 0.29) is 11.9 Å². The fraction of sp³-hybridized carbons (Fsp3) is 0.333. The quantitative estimate of drug-likeness (QED) is 0.947. The van der Waals surface area contributed by atoms with Gasteiger partial charge in [-0.2, -0.15) is 0 Å². The fourth-order valence-electron chi connectivity index (χ4n) is 1.78. The van der Waals surface area contributed by atoms with Gasteiger partial charge >= 0.3 is 0 Å². The zero-order valence-corrected chi connectivity index (χ0v) is 12.0. The van der Waals surface area contributed by atoms with Crippen molar-refractivity contribution in [3.63, 3.8) is 0 Å². The highest BCUT2D eigenvalue weighted by atomic mass is 79.9. The Bertz CT molecular complexity index is 548. The Balaban J connectivity index is 2.57. The molecule has 1 atom stereocenters. The molecule has 1 unspecified atom stereocenters. The average molecular weight is 313 g/mol. The molecule has 1 aromatic heterocycles. The van der Waals surface area contributed by atoms with Crippen molar-refractivity contribution in [3.05, 3.63) is 34.2 Å². The first-order valence-corrected chi connectivity index (χ1v) is 6.36. The van der Waals surface area contributed by atoms with Gasteiger partial charge in [0.25, 0.3) is 0 Å². The van der Waals surface area contributed by atoms with Crippen molar-refractivity contribution in [2.45, 2.75) is 13.0 Å². The highest BCUT2D eigenvalue weighted by Gasteiger charge is 2.16. The van der Waals surface area contributed by atoms with E-state index in [9.17, 15) is 4.39 Å². The van der Waals surface area contributed by atoms with Gasteiger partial charge in [0.05, 0.1) is 0 Å². The molecule has 2 rings (SSSR count). The normalized spacial score (nSPS) is 12.7. The van der Waals surface area contributed by atoms with E-state index in [1.165, 1.54) is 6.07 Å². The third-order valence-corrected chi connectivity index (χ3v) is 3.50. The zero-order valence-electron chi connectivity index (χ0n) is 10.4. The van der Waals surface area contributed by atoms with Crippen LogP contribution in [0.1, 0.15) is 18.5 Å². The molecule has 0 radical (unpaired) electrons. The summed E-state index contributed by atoms with van der Waals surface area (Å²) in [6, 6.07) is 5.22. The molecule has 0 aliphatic carbocycles. The lowest BCUT2D eigenvalue weighted by molar-refractivity contribution is 0.618. The molecule has 6 heteroatoms. The molecular weight excluding hydrogens is 299 g/mol. The van der Waals surface area contributed by atoms with Crippen molar-refractivity contribution in [3.8, 4) is 11.3 Å². The lowest BCUT2D eigenvalue weighted by Gasteiger charge is -2.13. The van der Waals surface area contributed by atoms with Gasteiger partial charge in [-0.25, -0.2) is 9.07 Å². The second-order valence-electron chi connectivity index (χ2n) is 4.10. The molecule has 1 heterocycles. The third-order valence-electron chi connectivity index (χ3n) is 2.96. The molecule has 0 bridgehead atoms. The molecule has 96 valence electrons. The van der Waals surface area contributed by atoms with Crippen LogP contribution in [0.3, 0.4) is 0 Å². The summed E-state index contributed by atoms with van der Waals surface area (Å²) in [6.45, 7) is 2.02. The molecule has 0 fully saturated rings. The summed E-state index contributed by atoms with van der Waals surface area (Å²) in [7, 11) is 3.61. The topological polar surface area (TPSA) is 42.7 Å². The minimum absolute atomic E-state index is 0.157. The highest BCUT2D eigenvalue weighted by Crippen LogP contribution is 2.30. The van der Waals surface area contributed by atoms with Crippen LogP contribution in [0.25, 0.3) is 11.3 Å². The largest absolute Gasteiger partial charge is 0.313 e. The molecular formula is C12H14BrFN4. The number of halogens is 2. The van der Waals surface area contributed by atoms with Crippen molar-refractivity contribution in [1.29, 1.82) is 0 Å². The Morgan fingerprint density at radius 3 is 2.72 bits per heavy atom. The first-order valence-electron chi connectivity index (χ1n) is 5.57. The standard InChI is InChI=1S/C12H14BrFN4/c1-7(15-2)8-4-5-10(14)9(6-8)11-12(13)16-17-18(11)3/h4-7,15H,1-3H3. The summed E-state index contributed by atoms with van der Waals surface area (Å²) in [4.78, 5) is 0. The number of hydrogen-bond donors (Lipinski definition) is 1. The van der Waals surface area contributed by atoms with Gasteiger partial charge in [-0.15, -0.1) is 5.10 Å². The van der Waals surface area contributed by atoms with Crippen LogP contribution in [0, 0.1) is 5.82 Å². The van der Waals surface area contributed by atoms with Crippen LogP contribution in [-0.2, 0) is 7.05 Å². The number of rotatable bonds is 3. The van der Waals surface area contributed by atoms with Crippen LogP contribution in [-0.4, -0.2) is 22.0 Å². The Kier molecular flexibility index (Phi) is 3.77. The fourth-order valence-corrected chi connectivity index (χ4v) is 2.32. The Labute approximate surface area is 113 Å². The Hall–Kier alpha value is -1.27. The first-order chi connectivity index (χ1) is 8.54. The van der Waals surface area contributed by atoms with E-state index in [0.29, 0.717) is 15.9 Å². The molecule has 0 spiro atoms. The molecule has 0 amide bonds. The minimum atomic E-state index is -0.284. The second kappa shape index (κ2) is 5.16. The van der Waals surface area contributed by atoms with Gasteiger partial charge in [0.1, 0.15) is 11.5 Å². The van der Waals surface area contributed by atoms with Crippen molar-refractivity contribution in [2.75, 3.05) is 7.05 Å². The van der Waals surface area contributed by atoms with Gasteiger partial charge in [-0.05, 0) is 47.6 Å². The lowest BCUT2D eigenvalue weighted by Crippen LogP contribution is -2.12. The molecule has 0 saturated carbocycles. The number of aromatic nitrogens is 3. The van der Waals surface area contributed by atoms with Crippen LogP contribution in [0.15, 0.2) is 22.8 Å². The van der Waals surface area contributed by atoms with Gasteiger partial charge < -0.3 is 5.32 Å². The molecule has 1 aromatic carbocycles. The smallest absolute Gasteiger partial charge is 0.156 e. The number of nitrogens with one attached hydrogen (secondary N) is 1. The second-order valence-corrected chi connectivity index (χ2v) is 4.85. The summed E-state index contributed by atoms with van der Waals surface area (Å²) >= 11 is 3.29. The Morgan fingerprint density at radius 2 is 2.17 bits per heavy atom. The van der Waals surface area contributed by atoms with E-state index in [0.717, 1.165) is 5.56 Å². The van der Waals surface area contributed by atoms with E-state index in [1.54, 1.807) is 17.8 Å². The van der Waals surface area contributed by atoms with Crippen LogP contribution in [0.2, 0.25) is 0 Å². The van der Waals surface area contributed by atoms with Crippen LogP contribution >= 0.6 is 15.9 Å². The molecule has 0 aliphatic heterocycles. The van der Waals surface area contributed by atoms with Crippen molar-refractivity contribution in [2.24, 2.45) is 7.05 Å². The summed E-state index contributed by atoms with van der Waals surface area (Å²) in [5.74, 6) is -0.284. The summed E-state index contributed by atoms with van der Waals surface area (Å²) in [5.41, 5.74) is 2.15. The summed E-state index contributed by atoms with van der Waals surface area (Å²) in [6.07, 6.45) is 0. The SMILES string of the molecule is CNC(C)c1ccc(F)c(-c2c(Br)nnn2C)c1. The van der Waals surface area contributed by atoms with E-state index >= 15 is 0 Å². The molecule has 1 N–H and O–H groups in total. The lowest BCUT2D eigenvalue weighted by atomic mass is 10.0. The van der Waals surface area contributed by atoms with E-state index in [2.05, 4.69) is 31.6 Å². The number of hydrogen-bond acceptors (Lipinski definition) is 3. The zero-order chi connectivity index (χ0) is 13.3. The third kappa shape index (κ3) is 2.30. The molecule has 2 aromatic rings. The van der Waals surface area contributed by atoms with Crippen molar-refractivity contribution in [1.82, 2.24) is 20.3 Å². The highest BCUT2D eigenvalue weighted by molar-refractivity contribution is 9.10. The number of aryl methyl sites for hydroxylation is 1. The summed E-state index contributed by atoms with van der Waals surface area (Å²) < 4.78 is 16.0. The van der Waals surface area contributed by atoms with E-state index < -0.39 is 0 Å². The van der Waals surface area contributed by atoms with Crippen molar-refractivity contribution < 1.29 is 4.39 Å². The predicted octanol–water partition coefficient (Wildman–Crippen LogP) is 2.66. The van der Waals surface area contributed by atoms with Gasteiger partial charge in [0, 0.05) is 18.7 Å². The van der Waals surface area contributed by atoms with Crippen LogP contribution in [0.5, 0.6) is 0 Å². The van der Waals surface area contributed by atoms with Gasteiger partial charge in [-0.1, -0.05) is 11.3 Å². The van der Waals surface area contributed by atoms with Crippen LogP contribution < -0.4 is 5.32 Å². The maximum absolute atomic E-state index is 14.0. The van der Waals surface area contributed by atoms with Gasteiger partial charge in [0.2, 0.25) is 0 Å². The average Bonchev–Trinajstić information content (AvgIpc) is 2.69. The Morgan fingerprint density at radius 1 is 1.44 bits per heavy atom. The van der Waals surface area contributed by atoms with Gasteiger partial charge in [0.15, 0.2) is 4.60 Å². The first kappa shape index (κ1) is 13.2. The van der Waals surface area contributed by atoms with E-state index in [1.807, 2.05) is 20.0 Å². The van der Waals surface area contributed by atoms with E-state index in [4.69, 9.17) is 0 Å². The molecule has 0 saturated heterocycles. The number of benzene rings is 1. The van der Waals surface area contributed by atoms with Gasteiger partial charge in [-0.3, -0.25) is 0 Å². The minimum Gasteiger partial charge on any atom is -0.313 e. The van der Waals surface area contributed by atoms with Crippen molar-refractivity contribution >= 4 is 15.9 Å². The van der Waals surface area contributed by atoms with Crippen LogP contribution in [0.4, 0.5) is 4.39 Å². The monoisotopic (exact) mass is 312 g/mol. The maximum Gasteiger partial charge on any atom is 0.156 e. The molecule has 18 heavy (non-hydrogen) atoms.